The van der Waals surface area contributed by atoms with E-state index in [9.17, 15) is 4.79 Å². The van der Waals surface area contributed by atoms with Crippen LogP contribution in [0.25, 0.3) is 16.8 Å². The Balaban J connectivity index is 2.21. The first-order chi connectivity index (χ1) is 11.0. The number of carbonyl (C=O) groups is 1. The van der Waals surface area contributed by atoms with Crippen molar-refractivity contribution in [3.05, 3.63) is 40.7 Å². The van der Waals surface area contributed by atoms with E-state index in [1.807, 2.05) is 25.1 Å². The smallest absolute Gasteiger partial charge is 0.362 e. The average molecular weight is 332 g/mol. The lowest BCUT2D eigenvalue weighted by molar-refractivity contribution is 0.0519. The van der Waals surface area contributed by atoms with Crippen LogP contribution in [0.15, 0.2) is 24.3 Å². The van der Waals surface area contributed by atoms with Crippen molar-refractivity contribution in [2.45, 2.75) is 13.8 Å². The summed E-state index contributed by atoms with van der Waals surface area (Å²) < 4.78 is 6.31. The Bertz CT molecular complexity index is 906. The van der Waals surface area contributed by atoms with Crippen LogP contribution in [0.1, 0.15) is 23.1 Å². The fourth-order valence-electron chi connectivity index (χ4n) is 2.35. The van der Waals surface area contributed by atoms with E-state index in [1.54, 1.807) is 13.0 Å². The number of nitrogen functional groups attached to an aromatic ring is 1. The third-order valence-electron chi connectivity index (χ3n) is 3.33. The highest BCUT2D eigenvalue weighted by Gasteiger charge is 2.21. The van der Waals surface area contributed by atoms with Gasteiger partial charge in [-0.15, -0.1) is 10.2 Å². The lowest BCUT2D eigenvalue weighted by atomic mass is 10.1. The maximum atomic E-state index is 11.9. The van der Waals surface area contributed by atoms with E-state index in [0.717, 1.165) is 11.1 Å². The van der Waals surface area contributed by atoms with E-state index in [0.29, 0.717) is 16.4 Å². The zero-order chi connectivity index (χ0) is 16.6. The molecule has 0 bridgehead atoms. The molecule has 0 aliphatic heterocycles. The van der Waals surface area contributed by atoms with Crippen molar-refractivity contribution in [3.63, 3.8) is 0 Å². The predicted molar refractivity (Wildman–Crippen MR) is 86.3 cm³/mol. The fraction of sp³-hybridized carbons (Fsp3) is 0.200. The number of nitrogens with two attached hydrogens (primary N) is 1. The summed E-state index contributed by atoms with van der Waals surface area (Å²) in [5.41, 5.74) is 8.73. The molecule has 0 radical (unpaired) electrons. The Kier molecular flexibility index (Phi) is 3.87. The molecule has 0 fully saturated rings. The van der Waals surface area contributed by atoms with E-state index < -0.39 is 5.97 Å². The van der Waals surface area contributed by atoms with E-state index in [1.165, 1.54) is 4.52 Å². The molecule has 0 aliphatic carbocycles. The van der Waals surface area contributed by atoms with Crippen LogP contribution in [-0.4, -0.2) is 32.4 Å². The lowest BCUT2D eigenvalue weighted by Crippen LogP contribution is -2.15. The second-order valence-electron chi connectivity index (χ2n) is 4.86. The molecular weight excluding hydrogens is 318 g/mol. The van der Waals surface area contributed by atoms with Crippen molar-refractivity contribution in [2.75, 3.05) is 12.3 Å². The summed E-state index contributed by atoms with van der Waals surface area (Å²) in [5.74, 6) is -0.540. The number of halogens is 1. The van der Waals surface area contributed by atoms with Crippen LogP contribution < -0.4 is 5.73 Å². The highest BCUT2D eigenvalue weighted by Crippen LogP contribution is 2.30. The van der Waals surface area contributed by atoms with Crippen LogP contribution in [0, 0.1) is 6.92 Å². The van der Waals surface area contributed by atoms with Crippen molar-refractivity contribution in [1.29, 1.82) is 0 Å². The zero-order valence-corrected chi connectivity index (χ0v) is 13.3. The van der Waals surface area contributed by atoms with Gasteiger partial charge in [0.05, 0.1) is 17.9 Å². The minimum atomic E-state index is -0.628. The molecule has 8 heteroatoms. The van der Waals surface area contributed by atoms with Crippen molar-refractivity contribution >= 4 is 29.0 Å². The van der Waals surface area contributed by atoms with Crippen LogP contribution in [0.4, 0.5) is 5.82 Å². The molecule has 3 aromatic rings. The number of aromatic nitrogens is 4. The Morgan fingerprint density at radius 2 is 2.17 bits per heavy atom. The van der Waals surface area contributed by atoms with E-state index in [2.05, 4.69) is 15.3 Å². The number of esters is 1. The summed E-state index contributed by atoms with van der Waals surface area (Å²) in [6.07, 6.45) is 0. The molecule has 0 saturated heterocycles. The lowest BCUT2D eigenvalue weighted by Gasteiger charge is -2.05. The van der Waals surface area contributed by atoms with Gasteiger partial charge in [0.1, 0.15) is 0 Å². The highest BCUT2D eigenvalue weighted by molar-refractivity contribution is 6.30. The third kappa shape index (κ3) is 2.59. The molecule has 0 atom stereocenters. The van der Waals surface area contributed by atoms with Crippen molar-refractivity contribution < 1.29 is 9.53 Å². The van der Waals surface area contributed by atoms with Crippen molar-refractivity contribution in [1.82, 2.24) is 19.8 Å². The van der Waals surface area contributed by atoms with Gasteiger partial charge in [0.2, 0.25) is 5.69 Å². The number of rotatable bonds is 3. The highest BCUT2D eigenvalue weighted by atomic mass is 35.5. The second-order valence-corrected chi connectivity index (χ2v) is 5.30. The minimum Gasteiger partial charge on any atom is -0.461 e. The molecule has 0 amide bonds. The van der Waals surface area contributed by atoms with Gasteiger partial charge in [0.15, 0.2) is 11.5 Å². The normalized spacial score (nSPS) is 10.9. The Hall–Kier alpha value is -2.67. The number of fused-ring (bicyclic) bond motifs is 1. The molecule has 0 aliphatic rings. The number of anilines is 1. The van der Waals surface area contributed by atoms with Crippen molar-refractivity contribution in [2.24, 2.45) is 0 Å². The van der Waals surface area contributed by atoms with Gasteiger partial charge in [0.25, 0.3) is 0 Å². The van der Waals surface area contributed by atoms with Crippen LogP contribution in [-0.2, 0) is 4.74 Å². The van der Waals surface area contributed by atoms with Gasteiger partial charge in [-0.3, -0.25) is 0 Å². The molecule has 23 heavy (non-hydrogen) atoms. The average Bonchev–Trinajstić information content (AvgIpc) is 2.85. The van der Waals surface area contributed by atoms with Gasteiger partial charge in [-0.25, -0.2) is 4.79 Å². The van der Waals surface area contributed by atoms with Crippen molar-refractivity contribution in [3.8, 4) is 11.1 Å². The zero-order valence-electron chi connectivity index (χ0n) is 12.6. The minimum absolute atomic E-state index is 0.0560. The van der Waals surface area contributed by atoms with Gasteiger partial charge in [-0.2, -0.15) is 9.61 Å². The number of hydrogen-bond acceptors (Lipinski definition) is 6. The summed E-state index contributed by atoms with van der Waals surface area (Å²) in [6, 6.07) is 7.32. The van der Waals surface area contributed by atoms with Gasteiger partial charge in [-0.1, -0.05) is 23.7 Å². The molecule has 0 saturated carbocycles. The summed E-state index contributed by atoms with van der Waals surface area (Å²) >= 11 is 6.05. The maximum Gasteiger partial charge on any atom is 0.362 e. The Morgan fingerprint density at radius 1 is 1.39 bits per heavy atom. The molecule has 2 N–H and O–H groups in total. The van der Waals surface area contributed by atoms with E-state index in [-0.39, 0.29) is 18.1 Å². The number of ether oxygens (including phenoxy) is 1. The third-order valence-corrected chi connectivity index (χ3v) is 3.57. The molecule has 1 aromatic carbocycles. The largest absolute Gasteiger partial charge is 0.461 e. The first-order valence-corrected chi connectivity index (χ1v) is 7.35. The number of hydrogen-bond donors (Lipinski definition) is 1. The van der Waals surface area contributed by atoms with Gasteiger partial charge in [-0.05, 0) is 31.5 Å². The van der Waals surface area contributed by atoms with Gasteiger partial charge in [0, 0.05) is 5.02 Å². The second kappa shape index (κ2) is 5.85. The molecule has 2 heterocycles. The standard InChI is InChI=1S/C15H14ClN5O2/c1-3-23-15(22)12-13(17)21-14(19-18-12)11(8(2)20-21)9-5-4-6-10(16)7-9/h4-7H,3,17H2,1-2H3. The van der Waals surface area contributed by atoms with E-state index >= 15 is 0 Å². The molecule has 7 nitrogen and oxygen atoms in total. The molecular formula is C15H14ClN5O2. The summed E-state index contributed by atoms with van der Waals surface area (Å²) in [7, 11) is 0. The first kappa shape index (κ1) is 15.2. The SMILES string of the molecule is CCOC(=O)c1nnc2c(-c3cccc(Cl)c3)c(C)nn2c1N. The molecule has 118 valence electrons. The summed E-state index contributed by atoms with van der Waals surface area (Å²) in [4.78, 5) is 11.9. The monoisotopic (exact) mass is 331 g/mol. The Labute approximate surface area is 137 Å². The van der Waals surface area contributed by atoms with Crippen LogP contribution in [0.2, 0.25) is 5.02 Å². The maximum absolute atomic E-state index is 11.9. The fourth-order valence-corrected chi connectivity index (χ4v) is 2.54. The summed E-state index contributed by atoms with van der Waals surface area (Å²) in [5, 5.41) is 13.0. The summed E-state index contributed by atoms with van der Waals surface area (Å²) in [6.45, 7) is 3.76. The quantitative estimate of drug-likeness (QED) is 0.741. The predicted octanol–water partition coefficient (Wildman–Crippen LogP) is 2.51. The van der Waals surface area contributed by atoms with Gasteiger partial charge >= 0.3 is 5.97 Å². The molecule has 3 rings (SSSR count). The molecule has 2 aromatic heterocycles. The molecule has 0 spiro atoms. The first-order valence-electron chi connectivity index (χ1n) is 6.97. The number of carbonyl (C=O) groups excluding carboxylic acids is 1. The van der Waals surface area contributed by atoms with Crippen LogP contribution in [0.5, 0.6) is 0 Å². The van der Waals surface area contributed by atoms with Crippen LogP contribution >= 0.6 is 11.6 Å². The number of aryl methyl sites for hydroxylation is 1. The molecule has 0 unspecified atom stereocenters. The van der Waals surface area contributed by atoms with E-state index in [4.69, 9.17) is 22.1 Å². The number of nitrogens with zero attached hydrogens (tertiary/aromatic N) is 4. The number of benzene rings is 1. The topological polar surface area (TPSA) is 95.4 Å². The Morgan fingerprint density at radius 3 is 2.87 bits per heavy atom. The van der Waals surface area contributed by atoms with Crippen LogP contribution in [0.3, 0.4) is 0 Å². The van der Waals surface area contributed by atoms with Gasteiger partial charge < -0.3 is 10.5 Å².